The lowest BCUT2D eigenvalue weighted by Crippen LogP contribution is -2.49. The summed E-state index contributed by atoms with van der Waals surface area (Å²) in [6.45, 7) is 6.57. The van der Waals surface area contributed by atoms with Crippen LogP contribution in [0.4, 0.5) is 10.5 Å². The number of ether oxygens (including phenoxy) is 1. The molecule has 1 fully saturated rings. The molecule has 1 saturated heterocycles. The van der Waals surface area contributed by atoms with Gasteiger partial charge in [-0.2, -0.15) is 0 Å². The fourth-order valence-corrected chi connectivity index (χ4v) is 3.14. The summed E-state index contributed by atoms with van der Waals surface area (Å²) in [4.78, 5) is 30.4. The molecule has 1 aromatic heterocycles. The fourth-order valence-electron chi connectivity index (χ4n) is 3.14. The van der Waals surface area contributed by atoms with Crippen molar-refractivity contribution >= 4 is 17.7 Å². The molecule has 6 nitrogen and oxygen atoms in total. The molecule has 0 unspecified atom stereocenters. The average molecular weight is 303 g/mol. The Morgan fingerprint density at radius 1 is 1.36 bits per heavy atom. The maximum Gasteiger partial charge on any atom is 0.410 e. The quantitative estimate of drug-likeness (QED) is 0.798. The van der Waals surface area contributed by atoms with Crippen LogP contribution in [0.1, 0.15) is 39.2 Å². The van der Waals surface area contributed by atoms with Crippen LogP contribution in [0, 0.1) is 0 Å². The smallest absolute Gasteiger partial charge is 0.410 e. The van der Waals surface area contributed by atoms with Gasteiger partial charge in [-0.25, -0.2) is 4.79 Å². The molecule has 22 heavy (non-hydrogen) atoms. The third-order valence-electron chi connectivity index (χ3n) is 4.29. The summed E-state index contributed by atoms with van der Waals surface area (Å²) >= 11 is 0. The molecule has 0 saturated carbocycles. The zero-order valence-corrected chi connectivity index (χ0v) is 13.2. The average Bonchev–Trinajstić information content (AvgIpc) is 2.71. The minimum atomic E-state index is -0.553. The molecule has 118 valence electrons. The van der Waals surface area contributed by atoms with E-state index >= 15 is 0 Å². The normalized spacial score (nSPS) is 19.8. The SMILES string of the molecule is CC(C)(C)OC(=O)N1CCC2(CC1)C(=O)Nc1ccncc12. The van der Waals surface area contributed by atoms with Gasteiger partial charge in [0.1, 0.15) is 5.60 Å². The molecule has 3 heterocycles. The predicted molar refractivity (Wildman–Crippen MR) is 81.6 cm³/mol. The Labute approximate surface area is 129 Å². The number of hydrogen-bond donors (Lipinski definition) is 1. The number of amides is 2. The van der Waals surface area contributed by atoms with Crippen molar-refractivity contribution in [1.82, 2.24) is 9.88 Å². The predicted octanol–water partition coefficient (Wildman–Crippen LogP) is 2.30. The first-order chi connectivity index (χ1) is 10.3. The van der Waals surface area contributed by atoms with Crippen molar-refractivity contribution in [2.75, 3.05) is 18.4 Å². The molecule has 1 aromatic rings. The van der Waals surface area contributed by atoms with E-state index in [2.05, 4.69) is 10.3 Å². The molecule has 1 spiro atoms. The minimum Gasteiger partial charge on any atom is -0.444 e. The van der Waals surface area contributed by atoms with Crippen molar-refractivity contribution in [3.63, 3.8) is 0 Å². The standard InChI is InChI=1S/C16H21N3O3/c1-15(2,3)22-14(21)19-8-5-16(6-9-19)11-10-17-7-4-12(11)18-13(16)20/h4,7,10H,5-6,8-9H2,1-3H3,(H,18,20). The highest BCUT2D eigenvalue weighted by Gasteiger charge is 2.49. The van der Waals surface area contributed by atoms with Crippen molar-refractivity contribution in [3.05, 3.63) is 24.0 Å². The molecule has 3 rings (SSSR count). The number of pyridine rings is 1. The number of anilines is 1. The number of carbonyl (C=O) groups is 2. The van der Waals surface area contributed by atoms with E-state index in [0.717, 1.165) is 11.3 Å². The number of nitrogens with one attached hydrogen (secondary N) is 1. The summed E-state index contributed by atoms with van der Waals surface area (Å²) in [5, 5.41) is 2.93. The Morgan fingerprint density at radius 3 is 2.68 bits per heavy atom. The minimum absolute atomic E-state index is 0.0133. The zero-order valence-electron chi connectivity index (χ0n) is 13.2. The van der Waals surface area contributed by atoms with E-state index in [-0.39, 0.29) is 12.0 Å². The molecule has 0 bridgehead atoms. The van der Waals surface area contributed by atoms with Gasteiger partial charge in [0.25, 0.3) is 0 Å². The lowest BCUT2D eigenvalue weighted by molar-refractivity contribution is -0.122. The van der Waals surface area contributed by atoms with Gasteiger partial charge in [-0.05, 0) is 39.7 Å². The second-order valence-electron chi connectivity index (χ2n) is 6.92. The summed E-state index contributed by atoms with van der Waals surface area (Å²) in [5.74, 6) is 0.0133. The molecule has 2 amide bonds. The van der Waals surface area contributed by atoms with Gasteiger partial charge in [0.2, 0.25) is 5.91 Å². The van der Waals surface area contributed by atoms with E-state index in [1.165, 1.54) is 0 Å². The van der Waals surface area contributed by atoms with Crippen LogP contribution in [0.25, 0.3) is 0 Å². The Hall–Kier alpha value is -2.11. The lowest BCUT2D eigenvalue weighted by Gasteiger charge is -2.38. The highest BCUT2D eigenvalue weighted by Crippen LogP contribution is 2.44. The molecular weight excluding hydrogens is 282 g/mol. The maximum absolute atomic E-state index is 12.4. The lowest BCUT2D eigenvalue weighted by atomic mass is 9.74. The highest BCUT2D eigenvalue weighted by molar-refractivity contribution is 6.06. The highest BCUT2D eigenvalue weighted by atomic mass is 16.6. The van der Waals surface area contributed by atoms with Crippen molar-refractivity contribution in [1.29, 1.82) is 0 Å². The van der Waals surface area contributed by atoms with Crippen LogP contribution in [0.15, 0.2) is 18.5 Å². The number of carbonyl (C=O) groups excluding carboxylic acids is 2. The molecule has 0 aromatic carbocycles. The number of likely N-dealkylation sites (tertiary alicyclic amines) is 1. The zero-order chi connectivity index (χ0) is 16.0. The van der Waals surface area contributed by atoms with Crippen LogP contribution in [0.5, 0.6) is 0 Å². The first-order valence-corrected chi connectivity index (χ1v) is 7.56. The van der Waals surface area contributed by atoms with E-state index in [4.69, 9.17) is 4.74 Å². The Kier molecular flexibility index (Phi) is 3.34. The summed E-state index contributed by atoms with van der Waals surface area (Å²) in [7, 11) is 0. The summed E-state index contributed by atoms with van der Waals surface area (Å²) in [6, 6.07) is 1.82. The Balaban J connectivity index is 1.74. The van der Waals surface area contributed by atoms with E-state index in [1.807, 2.05) is 26.8 Å². The van der Waals surface area contributed by atoms with Crippen LogP contribution in [-0.4, -0.2) is 40.6 Å². The maximum atomic E-state index is 12.4. The van der Waals surface area contributed by atoms with Gasteiger partial charge in [-0.15, -0.1) is 0 Å². The third kappa shape index (κ3) is 2.42. The second-order valence-corrected chi connectivity index (χ2v) is 6.92. The molecule has 2 aliphatic heterocycles. The number of rotatable bonds is 0. The topological polar surface area (TPSA) is 71.5 Å². The number of aromatic nitrogens is 1. The van der Waals surface area contributed by atoms with Crippen LogP contribution >= 0.6 is 0 Å². The van der Waals surface area contributed by atoms with Crippen LogP contribution in [0.2, 0.25) is 0 Å². The molecule has 0 atom stereocenters. The van der Waals surface area contributed by atoms with Crippen LogP contribution < -0.4 is 5.32 Å². The Morgan fingerprint density at radius 2 is 2.05 bits per heavy atom. The summed E-state index contributed by atoms with van der Waals surface area (Å²) < 4.78 is 5.40. The van der Waals surface area contributed by atoms with Gasteiger partial charge >= 0.3 is 6.09 Å². The van der Waals surface area contributed by atoms with E-state index in [9.17, 15) is 9.59 Å². The van der Waals surface area contributed by atoms with Crippen molar-refractivity contribution in [3.8, 4) is 0 Å². The second kappa shape index (κ2) is 4.97. The van der Waals surface area contributed by atoms with Gasteiger partial charge in [0.15, 0.2) is 0 Å². The molecule has 1 N–H and O–H groups in total. The first kappa shape index (κ1) is 14.8. The molecule has 6 heteroatoms. The third-order valence-corrected chi connectivity index (χ3v) is 4.29. The number of fused-ring (bicyclic) bond motifs is 2. The Bertz CT molecular complexity index is 613. The van der Waals surface area contributed by atoms with Gasteiger partial charge in [-0.3, -0.25) is 9.78 Å². The van der Waals surface area contributed by atoms with Gasteiger partial charge in [0.05, 0.1) is 5.41 Å². The van der Waals surface area contributed by atoms with Crippen molar-refractivity contribution in [2.45, 2.75) is 44.6 Å². The van der Waals surface area contributed by atoms with E-state index in [1.54, 1.807) is 17.3 Å². The fraction of sp³-hybridized carbons (Fsp3) is 0.562. The van der Waals surface area contributed by atoms with Crippen LogP contribution in [-0.2, 0) is 14.9 Å². The van der Waals surface area contributed by atoms with Crippen LogP contribution in [0.3, 0.4) is 0 Å². The first-order valence-electron chi connectivity index (χ1n) is 7.56. The molecule has 2 aliphatic rings. The number of hydrogen-bond acceptors (Lipinski definition) is 4. The van der Waals surface area contributed by atoms with Crippen molar-refractivity contribution in [2.24, 2.45) is 0 Å². The molecular formula is C16H21N3O3. The monoisotopic (exact) mass is 303 g/mol. The largest absolute Gasteiger partial charge is 0.444 e. The van der Waals surface area contributed by atoms with E-state index < -0.39 is 11.0 Å². The van der Waals surface area contributed by atoms with E-state index in [0.29, 0.717) is 25.9 Å². The van der Waals surface area contributed by atoms with Crippen molar-refractivity contribution < 1.29 is 14.3 Å². The van der Waals surface area contributed by atoms with Gasteiger partial charge in [-0.1, -0.05) is 0 Å². The number of nitrogens with zero attached hydrogens (tertiary/aromatic N) is 2. The summed E-state index contributed by atoms with van der Waals surface area (Å²) in [5.41, 5.74) is 0.727. The van der Waals surface area contributed by atoms with Gasteiger partial charge < -0.3 is 15.0 Å². The summed E-state index contributed by atoms with van der Waals surface area (Å²) in [6.07, 6.45) is 4.31. The number of piperidine rings is 1. The van der Waals surface area contributed by atoms with Gasteiger partial charge in [0, 0.05) is 36.7 Å². The molecule has 0 aliphatic carbocycles. The molecule has 0 radical (unpaired) electrons.